The van der Waals surface area contributed by atoms with Crippen LogP contribution in [0, 0.1) is 5.92 Å². The van der Waals surface area contributed by atoms with Crippen molar-refractivity contribution in [2.75, 3.05) is 45.2 Å². The smallest absolute Gasteiger partial charge is 0.223 e. The first-order valence-corrected chi connectivity index (χ1v) is 9.02. The molecular formula is C17H24N4OS. The van der Waals surface area contributed by atoms with Gasteiger partial charge in [-0.15, -0.1) is 11.3 Å². The zero-order valence-corrected chi connectivity index (χ0v) is 14.6. The molecule has 0 spiro atoms. The predicted octanol–water partition coefficient (Wildman–Crippen LogP) is 2.19. The van der Waals surface area contributed by atoms with Crippen LogP contribution in [-0.4, -0.2) is 56.1 Å². The summed E-state index contributed by atoms with van der Waals surface area (Å²) in [6, 6.07) is 4.21. The summed E-state index contributed by atoms with van der Waals surface area (Å²) in [4.78, 5) is 21.2. The van der Waals surface area contributed by atoms with Crippen molar-refractivity contribution in [1.82, 2.24) is 15.2 Å². The highest BCUT2D eigenvalue weighted by atomic mass is 32.1. The summed E-state index contributed by atoms with van der Waals surface area (Å²) in [5, 5.41) is 6.39. The highest BCUT2D eigenvalue weighted by Crippen LogP contribution is 2.31. The van der Waals surface area contributed by atoms with Crippen LogP contribution in [0.5, 0.6) is 0 Å². The molecule has 1 fully saturated rings. The number of pyridine rings is 1. The van der Waals surface area contributed by atoms with E-state index in [-0.39, 0.29) is 11.8 Å². The third-order valence-electron chi connectivity index (χ3n) is 4.38. The molecule has 0 bridgehead atoms. The number of likely N-dealkylation sites (N-methyl/N-ethyl adjacent to an activating group) is 1. The molecule has 0 aromatic carbocycles. The molecule has 1 N–H and O–H groups in total. The average molecular weight is 332 g/mol. The Morgan fingerprint density at radius 2 is 2.17 bits per heavy atom. The molecule has 5 nitrogen and oxygen atoms in total. The summed E-state index contributed by atoms with van der Waals surface area (Å²) in [7, 11) is 4.03. The number of fused-ring (bicyclic) bond motifs is 1. The van der Waals surface area contributed by atoms with Crippen LogP contribution in [0.2, 0.25) is 0 Å². The Kier molecular flexibility index (Phi) is 5.13. The Bertz CT molecular complexity index is 661. The molecule has 0 radical (unpaired) electrons. The van der Waals surface area contributed by atoms with Gasteiger partial charge in [-0.2, -0.15) is 0 Å². The van der Waals surface area contributed by atoms with Crippen molar-refractivity contribution in [2.24, 2.45) is 5.92 Å². The van der Waals surface area contributed by atoms with Gasteiger partial charge in [-0.3, -0.25) is 4.79 Å². The first-order valence-electron chi connectivity index (χ1n) is 8.15. The number of amides is 1. The number of carbonyl (C=O) groups excluding carboxylic acids is 1. The van der Waals surface area contributed by atoms with Crippen LogP contribution in [-0.2, 0) is 4.79 Å². The Morgan fingerprint density at radius 3 is 2.91 bits per heavy atom. The van der Waals surface area contributed by atoms with Gasteiger partial charge in [-0.1, -0.05) is 0 Å². The van der Waals surface area contributed by atoms with Crippen LogP contribution in [0.3, 0.4) is 0 Å². The quantitative estimate of drug-likeness (QED) is 0.912. The zero-order valence-electron chi connectivity index (χ0n) is 13.8. The topological polar surface area (TPSA) is 48.5 Å². The van der Waals surface area contributed by atoms with E-state index in [9.17, 15) is 4.79 Å². The SMILES string of the molecule is CN(C)CCNC(=O)C1CCN(c2nccc3sccc23)CC1. The maximum absolute atomic E-state index is 12.2. The van der Waals surface area contributed by atoms with Gasteiger partial charge in [0.2, 0.25) is 5.91 Å². The van der Waals surface area contributed by atoms with Crippen molar-refractivity contribution < 1.29 is 4.79 Å². The minimum atomic E-state index is 0.134. The number of thiophene rings is 1. The summed E-state index contributed by atoms with van der Waals surface area (Å²) in [6.07, 6.45) is 3.68. The maximum Gasteiger partial charge on any atom is 0.223 e. The normalized spacial score (nSPS) is 16.2. The molecule has 0 saturated carbocycles. The molecule has 1 aliphatic rings. The number of hydrogen-bond acceptors (Lipinski definition) is 5. The minimum absolute atomic E-state index is 0.134. The van der Waals surface area contributed by atoms with Crippen LogP contribution >= 0.6 is 11.3 Å². The number of rotatable bonds is 5. The minimum Gasteiger partial charge on any atom is -0.356 e. The van der Waals surface area contributed by atoms with E-state index in [1.807, 2.05) is 20.3 Å². The molecule has 6 heteroatoms. The first kappa shape index (κ1) is 16.2. The Balaban J connectivity index is 1.56. The fourth-order valence-corrected chi connectivity index (χ4v) is 3.81. The number of hydrogen-bond donors (Lipinski definition) is 1. The maximum atomic E-state index is 12.2. The molecule has 2 aromatic rings. The van der Waals surface area contributed by atoms with E-state index < -0.39 is 0 Å². The van der Waals surface area contributed by atoms with Crippen molar-refractivity contribution in [3.05, 3.63) is 23.7 Å². The van der Waals surface area contributed by atoms with Crippen molar-refractivity contribution >= 4 is 33.1 Å². The average Bonchev–Trinajstić information content (AvgIpc) is 3.03. The molecule has 0 aliphatic carbocycles. The van der Waals surface area contributed by atoms with Gasteiger partial charge >= 0.3 is 0 Å². The van der Waals surface area contributed by atoms with E-state index in [1.165, 1.54) is 10.1 Å². The van der Waals surface area contributed by atoms with Crippen LogP contribution in [0.4, 0.5) is 5.82 Å². The molecule has 23 heavy (non-hydrogen) atoms. The zero-order chi connectivity index (χ0) is 16.2. The van der Waals surface area contributed by atoms with Gasteiger partial charge in [0.25, 0.3) is 0 Å². The monoisotopic (exact) mass is 332 g/mol. The standard InChI is InChI=1S/C17H24N4OS/c1-20(2)11-8-19-17(22)13-4-9-21(10-5-13)16-14-6-12-23-15(14)3-7-18-16/h3,6-7,12-13H,4-5,8-11H2,1-2H3,(H,19,22). The van der Waals surface area contributed by atoms with Crippen molar-refractivity contribution in [1.29, 1.82) is 0 Å². The van der Waals surface area contributed by atoms with E-state index in [0.717, 1.165) is 44.8 Å². The number of carbonyl (C=O) groups is 1. The van der Waals surface area contributed by atoms with Gasteiger partial charge in [0.05, 0.1) is 0 Å². The Hall–Kier alpha value is -1.66. The van der Waals surface area contributed by atoms with E-state index in [4.69, 9.17) is 0 Å². The van der Waals surface area contributed by atoms with E-state index >= 15 is 0 Å². The second-order valence-corrected chi connectivity index (χ2v) is 7.27. The molecular weight excluding hydrogens is 308 g/mol. The fraction of sp³-hybridized carbons (Fsp3) is 0.529. The lowest BCUT2D eigenvalue weighted by Gasteiger charge is -2.32. The third-order valence-corrected chi connectivity index (χ3v) is 5.26. The largest absolute Gasteiger partial charge is 0.356 e. The fourth-order valence-electron chi connectivity index (χ4n) is 3.03. The highest BCUT2D eigenvalue weighted by molar-refractivity contribution is 7.17. The summed E-state index contributed by atoms with van der Waals surface area (Å²) < 4.78 is 1.28. The van der Waals surface area contributed by atoms with Gasteiger partial charge < -0.3 is 15.1 Å². The van der Waals surface area contributed by atoms with Crippen molar-refractivity contribution in [3.63, 3.8) is 0 Å². The molecule has 0 unspecified atom stereocenters. The van der Waals surface area contributed by atoms with Crippen molar-refractivity contribution in [3.8, 4) is 0 Å². The van der Waals surface area contributed by atoms with Gasteiger partial charge in [0, 0.05) is 48.4 Å². The number of aromatic nitrogens is 1. The summed E-state index contributed by atoms with van der Waals surface area (Å²) in [6.45, 7) is 3.40. The van der Waals surface area contributed by atoms with Gasteiger partial charge in [-0.05, 0) is 44.4 Å². The lowest BCUT2D eigenvalue weighted by atomic mass is 9.95. The molecule has 124 valence electrons. The second kappa shape index (κ2) is 7.27. The van der Waals surface area contributed by atoms with E-state index in [0.29, 0.717) is 0 Å². The molecule has 1 saturated heterocycles. The third kappa shape index (κ3) is 3.82. The first-order chi connectivity index (χ1) is 11.1. The van der Waals surface area contributed by atoms with Gasteiger partial charge in [-0.25, -0.2) is 4.98 Å². The molecule has 3 heterocycles. The highest BCUT2D eigenvalue weighted by Gasteiger charge is 2.26. The summed E-state index contributed by atoms with van der Waals surface area (Å²) in [5.41, 5.74) is 0. The van der Waals surface area contributed by atoms with Crippen LogP contribution in [0.15, 0.2) is 23.7 Å². The Labute approximate surface area is 141 Å². The molecule has 1 amide bonds. The van der Waals surface area contributed by atoms with Crippen molar-refractivity contribution in [2.45, 2.75) is 12.8 Å². The van der Waals surface area contributed by atoms with Gasteiger partial charge in [0.15, 0.2) is 0 Å². The number of anilines is 1. The molecule has 1 aliphatic heterocycles. The number of nitrogens with zero attached hydrogens (tertiary/aromatic N) is 3. The number of nitrogens with one attached hydrogen (secondary N) is 1. The number of piperidine rings is 1. The lowest BCUT2D eigenvalue weighted by molar-refractivity contribution is -0.125. The molecule has 0 atom stereocenters. The van der Waals surface area contributed by atoms with Gasteiger partial charge in [0.1, 0.15) is 5.82 Å². The van der Waals surface area contributed by atoms with Crippen LogP contribution < -0.4 is 10.2 Å². The van der Waals surface area contributed by atoms with Crippen LogP contribution in [0.25, 0.3) is 10.1 Å². The molecule has 2 aromatic heterocycles. The lowest BCUT2D eigenvalue weighted by Crippen LogP contribution is -2.42. The Morgan fingerprint density at radius 1 is 1.39 bits per heavy atom. The molecule has 3 rings (SSSR count). The predicted molar refractivity (Wildman–Crippen MR) is 96.1 cm³/mol. The summed E-state index contributed by atoms with van der Waals surface area (Å²) in [5.74, 6) is 1.40. The van der Waals surface area contributed by atoms with E-state index in [2.05, 4.69) is 37.6 Å². The summed E-state index contributed by atoms with van der Waals surface area (Å²) >= 11 is 1.75. The van der Waals surface area contributed by atoms with Crippen LogP contribution in [0.1, 0.15) is 12.8 Å². The van der Waals surface area contributed by atoms with E-state index in [1.54, 1.807) is 11.3 Å². The second-order valence-electron chi connectivity index (χ2n) is 6.32.